The molecule has 23 heavy (non-hydrogen) atoms. The van der Waals surface area contributed by atoms with Crippen molar-refractivity contribution in [1.82, 2.24) is 0 Å². The molecule has 0 aliphatic heterocycles. The first-order valence-corrected chi connectivity index (χ1v) is 7.74. The van der Waals surface area contributed by atoms with Gasteiger partial charge >= 0.3 is 0 Å². The standard InChI is InChI=1S/C22H13F/c23-16-9-10-19-17-7-3-4-8-18(17)20-11-14-5-1-2-6-15(14)12-21(20)22(19)13-16/h1-13H. The molecule has 0 amide bonds. The van der Waals surface area contributed by atoms with Crippen molar-refractivity contribution in [2.75, 3.05) is 0 Å². The van der Waals surface area contributed by atoms with E-state index in [9.17, 15) is 4.39 Å². The van der Waals surface area contributed by atoms with Crippen LogP contribution in [-0.4, -0.2) is 0 Å². The van der Waals surface area contributed by atoms with Gasteiger partial charge in [-0.2, -0.15) is 0 Å². The molecule has 5 aromatic rings. The summed E-state index contributed by atoms with van der Waals surface area (Å²) in [6.45, 7) is 0. The quantitative estimate of drug-likeness (QED) is 0.228. The molecule has 0 nitrogen and oxygen atoms in total. The van der Waals surface area contributed by atoms with Crippen molar-refractivity contribution in [2.24, 2.45) is 0 Å². The Morgan fingerprint density at radius 3 is 1.61 bits per heavy atom. The van der Waals surface area contributed by atoms with E-state index in [1.165, 1.54) is 26.9 Å². The highest BCUT2D eigenvalue weighted by atomic mass is 19.1. The van der Waals surface area contributed by atoms with Crippen LogP contribution in [0.4, 0.5) is 4.39 Å². The lowest BCUT2D eigenvalue weighted by Crippen LogP contribution is -1.85. The number of halogens is 1. The van der Waals surface area contributed by atoms with E-state index >= 15 is 0 Å². The van der Waals surface area contributed by atoms with Gasteiger partial charge in [0, 0.05) is 0 Å². The molecule has 0 saturated carbocycles. The molecule has 0 aromatic heterocycles. The van der Waals surface area contributed by atoms with E-state index in [2.05, 4.69) is 48.5 Å². The van der Waals surface area contributed by atoms with Crippen LogP contribution in [0, 0.1) is 5.82 Å². The molecule has 5 aromatic carbocycles. The molecule has 0 radical (unpaired) electrons. The second-order valence-corrected chi connectivity index (χ2v) is 5.98. The van der Waals surface area contributed by atoms with Gasteiger partial charge in [0.1, 0.15) is 5.82 Å². The minimum Gasteiger partial charge on any atom is -0.207 e. The van der Waals surface area contributed by atoms with Gasteiger partial charge in [-0.3, -0.25) is 0 Å². The number of fused-ring (bicyclic) bond motifs is 7. The maximum absolute atomic E-state index is 13.9. The largest absolute Gasteiger partial charge is 0.207 e. The molecule has 0 unspecified atom stereocenters. The zero-order chi connectivity index (χ0) is 15.4. The lowest BCUT2D eigenvalue weighted by Gasteiger charge is -2.11. The molecule has 0 aliphatic rings. The molecule has 0 heterocycles. The molecule has 108 valence electrons. The third kappa shape index (κ3) is 1.77. The summed E-state index contributed by atoms with van der Waals surface area (Å²) in [5, 5.41) is 9.14. The van der Waals surface area contributed by atoms with Crippen molar-refractivity contribution in [2.45, 2.75) is 0 Å². The lowest BCUT2D eigenvalue weighted by molar-refractivity contribution is 0.630. The minimum absolute atomic E-state index is 0.192. The molecule has 0 atom stereocenters. The van der Waals surface area contributed by atoms with Crippen molar-refractivity contribution in [1.29, 1.82) is 0 Å². The second kappa shape index (κ2) is 4.53. The summed E-state index contributed by atoms with van der Waals surface area (Å²) in [5.41, 5.74) is 0. The molecule has 0 aliphatic carbocycles. The Kier molecular flexibility index (Phi) is 2.48. The van der Waals surface area contributed by atoms with E-state index in [4.69, 9.17) is 0 Å². The molecule has 0 saturated heterocycles. The molecule has 0 N–H and O–H groups in total. The van der Waals surface area contributed by atoms with Crippen LogP contribution >= 0.6 is 0 Å². The van der Waals surface area contributed by atoms with Gasteiger partial charge in [0.2, 0.25) is 0 Å². The fourth-order valence-corrected chi connectivity index (χ4v) is 3.61. The van der Waals surface area contributed by atoms with Gasteiger partial charge in [-0.25, -0.2) is 4.39 Å². The highest BCUT2D eigenvalue weighted by molar-refractivity contribution is 6.27. The van der Waals surface area contributed by atoms with E-state index in [0.717, 1.165) is 16.2 Å². The van der Waals surface area contributed by atoms with Crippen LogP contribution in [-0.2, 0) is 0 Å². The Morgan fingerprint density at radius 2 is 0.913 bits per heavy atom. The van der Waals surface area contributed by atoms with Crippen LogP contribution in [0.1, 0.15) is 0 Å². The van der Waals surface area contributed by atoms with E-state index in [-0.39, 0.29) is 5.82 Å². The second-order valence-electron chi connectivity index (χ2n) is 5.98. The number of rotatable bonds is 0. The molecule has 1 heteroatoms. The summed E-state index contributed by atoms with van der Waals surface area (Å²) in [5.74, 6) is -0.192. The zero-order valence-corrected chi connectivity index (χ0v) is 12.4. The van der Waals surface area contributed by atoms with Gasteiger partial charge < -0.3 is 0 Å². The first kappa shape index (κ1) is 12.6. The van der Waals surface area contributed by atoms with Gasteiger partial charge in [0.25, 0.3) is 0 Å². The molecule has 5 rings (SSSR count). The van der Waals surface area contributed by atoms with E-state index in [1.54, 1.807) is 12.1 Å². The molecule has 0 bridgehead atoms. The number of benzene rings is 5. The van der Waals surface area contributed by atoms with Crippen LogP contribution in [0.3, 0.4) is 0 Å². The topological polar surface area (TPSA) is 0 Å². The van der Waals surface area contributed by atoms with Crippen LogP contribution in [0.2, 0.25) is 0 Å². The molecule has 0 spiro atoms. The number of hydrogen-bond donors (Lipinski definition) is 0. The first-order valence-electron chi connectivity index (χ1n) is 7.74. The smallest absolute Gasteiger partial charge is 0.123 e. The molecule has 0 fully saturated rings. The fourth-order valence-electron chi connectivity index (χ4n) is 3.61. The summed E-state index contributed by atoms with van der Waals surface area (Å²) in [7, 11) is 0. The average Bonchev–Trinajstić information content (AvgIpc) is 2.60. The zero-order valence-electron chi connectivity index (χ0n) is 12.4. The minimum atomic E-state index is -0.192. The Morgan fingerprint density at radius 1 is 0.435 bits per heavy atom. The predicted molar refractivity (Wildman–Crippen MR) is 96.4 cm³/mol. The summed E-state index contributed by atoms with van der Waals surface area (Å²) in [4.78, 5) is 0. The Balaban J connectivity index is 2.16. The van der Waals surface area contributed by atoms with Crippen LogP contribution < -0.4 is 0 Å². The monoisotopic (exact) mass is 296 g/mol. The maximum atomic E-state index is 13.9. The number of hydrogen-bond acceptors (Lipinski definition) is 0. The van der Waals surface area contributed by atoms with E-state index in [0.29, 0.717) is 0 Å². The third-order valence-corrected chi connectivity index (χ3v) is 4.67. The highest BCUT2D eigenvalue weighted by Gasteiger charge is 2.10. The van der Waals surface area contributed by atoms with Gasteiger partial charge in [0.15, 0.2) is 0 Å². The van der Waals surface area contributed by atoms with E-state index in [1.807, 2.05) is 18.2 Å². The van der Waals surface area contributed by atoms with Gasteiger partial charge in [0.05, 0.1) is 0 Å². The normalized spacial score (nSPS) is 11.7. The van der Waals surface area contributed by atoms with Crippen LogP contribution in [0.15, 0.2) is 78.9 Å². The summed E-state index contributed by atoms with van der Waals surface area (Å²) in [6, 6.07) is 26.2. The van der Waals surface area contributed by atoms with Gasteiger partial charge in [-0.1, -0.05) is 54.6 Å². The highest BCUT2D eigenvalue weighted by Crippen LogP contribution is 2.37. The molecular formula is C22H13F. The summed E-state index contributed by atoms with van der Waals surface area (Å²) in [6.07, 6.45) is 0. The van der Waals surface area contributed by atoms with Crippen molar-refractivity contribution in [3.8, 4) is 0 Å². The maximum Gasteiger partial charge on any atom is 0.123 e. The fraction of sp³-hybridized carbons (Fsp3) is 0. The van der Waals surface area contributed by atoms with Crippen molar-refractivity contribution in [3.05, 3.63) is 84.7 Å². The van der Waals surface area contributed by atoms with E-state index < -0.39 is 0 Å². The Labute approximate surface area is 132 Å². The van der Waals surface area contributed by atoms with Crippen molar-refractivity contribution < 1.29 is 4.39 Å². The van der Waals surface area contributed by atoms with Gasteiger partial charge in [-0.15, -0.1) is 0 Å². The summed E-state index contributed by atoms with van der Waals surface area (Å²) < 4.78 is 13.9. The first-order chi connectivity index (χ1) is 11.3. The predicted octanol–water partition coefficient (Wildman–Crippen LogP) is 6.44. The van der Waals surface area contributed by atoms with Gasteiger partial charge in [-0.05, 0) is 67.4 Å². The average molecular weight is 296 g/mol. The Bertz CT molecular complexity index is 1220. The van der Waals surface area contributed by atoms with Crippen molar-refractivity contribution in [3.63, 3.8) is 0 Å². The third-order valence-electron chi connectivity index (χ3n) is 4.67. The lowest BCUT2D eigenvalue weighted by atomic mass is 9.92. The molecular weight excluding hydrogens is 283 g/mol. The van der Waals surface area contributed by atoms with Crippen LogP contribution in [0.25, 0.3) is 43.1 Å². The SMILES string of the molecule is Fc1ccc2c3ccccc3c3cc4ccccc4cc3c2c1. The van der Waals surface area contributed by atoms with Crippen LogP contribution in [0.5, 0.6) is 0 Å². The Hall–Kier alpha value is -2.93. The van der Waals surface area contributed by atoms with Crippen molar-refractivity contribution >= 4 is 43.1 Å². The summed E-state index contributed by atoms with van der Waals surface area (Å²) >= 11 is 0.